The van der Waals surface area contributed by atoms with Gasteiger partial charge in [0.25, 0.3) is 5.91 Å². The molecule has 1 aromatic carbocycles. The molecule has 140 valence electrons. The van der Waals surface area contributed by atoms with Crippen LogP contribution in [0.5, 0.6) is 0 Å². The standard InChI is InChI=1S/C19H18ClN3O4/c1-19(2,18(25)26-3)21-17(24)14-11-15(16-5-4-10-27-16)23(22-14)13-8-6-12(20)7-9-13/h4-11H,1-3H3,(H,21,24). The third-order valence-electron chi connectivity index (χ3n) is 3.91. The van der Waals surface area contributed by atoms with Crippen LogP contribution >= 0.6 is 11.6 Å². The monoisotopic (exact) mass is 387 g/mol. The van der Waals surface area contributed by atoms with Crippen molar-refractivity contribution in [3.05, 3.63) is 59.4 Å². The van der Waals surface area contributed by atoms with Gasteiger partial charge >= 0.3 is 5.97 Å². The number of carbonyl (C=O) groups is 2. The minimum atomic E-state index is -1.19. The highest BCUT2D eigenvalue weighted by atomic mass is 35.5. The van der Waals surface area contributed by atoms with Gasteiger partial charge in [-0.15, -0.1) is 0 Å². The van der Waals surface area contributed by atoms with E-state index in [9.17, 15) is 9.59 Å². The number of furan rings is 1. The van der Waals surface area contributed by atoms with Gasteiger partial charge in [0, 0.05) is 11.1 Å². The largest absolute Gasteiger partial charge is 0.467 e. The first-order valence-electron chi connectivity index (χ1n) is 8.12. The number of carbonyl (C=O) groups excluding carboxylic acids is 2. The summed E-state index contributed by atoms with van der Waals surface area (Å²) in [4.78, 5) is 24.5. The summed E-state index contributed by atoms with van der Waals surface area (Å²) in [5.41, 5.74) is 0.231. The van der Waals surface area contributed by atoms with Crippen molar-refractivity contribution in [3.63, 3.8) is 0 Å². The normalized spacial score (nSPS) is 11.3. The number of aromatic nitrogens is 2. The Balaban J connectivity index is 2.00. The summed E-state index contributed by atoms with van der Waals surface area (Å²) in [5.74, 6) is -0.520. The van der Waals surface area contributed by atoms with Gasteiger partial charge < -0.3 is 14.5 Å². The molecule has 0 aliphatic rings. The molecule has 0 spiro atoms. The Kier molecular flexibility index (Phi) is 5.05. The lowest BCUT2D eigenvalue weighted by molar-refractivity contribution is -0.146. The minimum Gasteiger partial charge on any atom is -0.467 e. The van der Waals surface area contributed by atoms with Crippen molar-refractivity contribution in [1.82, 2.24) is 15.1 Å². The van der Waals surface area contributed by atoms with Crippen molar-refractivity contribution in [2.24, 2.45) is 0 Å². The van der Waals surface area contributed by atoms with Crippen LogP contribution in [0.25, 0.3) is 17.1 Å². The van der Waals surface area contributed by atoms with E-state index in [0.717, 1.165) is 0 Å². The topological polar surface area (TPSA) is 86.4 Å². The molecule has 7 nitrogen and oxygen atoms in total. The van der Waals surface area contributed by atoms with Crippen LogP contribution < -0.4 is 5.32 Å². The average Bonchev–Trinajstić information content (AvgIpc) is 3.30. The molecule has 2 heterocycles. The fourth-order valence-electron chi connectivity index (χ4n) is 2.53. The van der Waals surface area contributed by atoms with E-state index < -0.39 is 17.4 Å². The molecule has 0 saturated heterocycles. The Morgan fingerprint density at radius 1 is 1.22 bits per heavy atom. The van der Waals surface area contributed by atoms with E-state index in [1.165, 1.54) is 13.4 Å². The van der Waals surface area contributed by atoms with Crippen molar-refractivity contribution in [3.8, 4) is 17.1 Å². The Morgan fingerprint density at radius 2 is 1.93 bits per heavy atom. The number of halogens is 1. The molecule has 0 fully saturated rings. The van der Waals surface area contributed by atoms with E-state index in [0.29, 0.717) is 22.2 Å². The highest BCUT2D eigenvalue weighted by Gasteiger charge is 2.32. The van der Waals surface area contributed by atoms with Crippen molar-refractivity contribution in [2.45, 2.75) is 19.4 Å². The molecule has 0 radical (unpaired) electrons. The van der Waals surface area contributed by atoms with E-state index in [1.807, 2.05) is 0 Å². The van der Waals surface area contributed by atoms with Crippen LogP contribution in [0.4, 0.5) is 0 Å². The summed E-state index contributed by atoms with van der Waals surface area (Å²) in [7, 11) is 1.26. The molecule has 1 N–H and O–H groups in total. The first-order valence-corrected chi connectivity index (χ1v) is 8.50. The van der Waals surface area contributed by atoms with E-state index in [2.05, 4.69) is 10.4 Å². The van der Waals surface area contributed by atoms with Crippen molar-refractivity contribution < 1.29 is 18.7 Å². The fourth-order valence-corrected chi connectivity index (χ4v) is 2.65. The lowest BCUT2D eigenvalue weighted by Gasteiger charge is -2.22. The molecule has 8 heteroatoms. The van der Waals surface area contributed by atoms with Gasteiger partial charge in [-0.2, -0.15) is 5.10 Å². The number of benzene rings is 1. The van der Waals surface area contributed by atoms with Crippen LogP contribution in [0.15, 0.2) is 53.1 Å². The van der Waals surface area contributed by atoms with Crippen LogP contribution in [-0.4, -0.2) is 34.3 Å². The average molecular weight is 388 g/mol. The smallest absolute Gasteiger partial charge is 0.330 e. The second-order valence-corrected chi connectivity index (χ2v) is 6.79. The number of nitrogens with one attached hydrogen (secondary N) is 1. The van der Waals surface area contributed by atoms with Gasteiger partial charge in [0.2, 0.25) is 0 Å². The zero-order valence-corrected chi connectivity index (χ0v) is 15.8. The molecular formula is C19H18ClN3O4. The summed E-state index contributed by atoms with van der Waals surface area (Å²) < 4.78 is 11.8. The summed E-state index contributed by atoms with van der Waals surface area (Å²) in [6.07, 6.45) is 1.54. The Morgan fingerprint density at radius 3 is 2.52 bits per heavy atom. The molecule has 0 bridgehead atoms. The first kappa shape index (κ1) is 18.7. The maximum atomic E-state index is 12.7. The zero-order valence-electron chi connectivity index (χ0n) is 15.0. The van der Waals surface area contributed by atoms with Crippen LogP contribution in [0.3, 0.4) is 0 Å². The maximum absolute atomic E-state index is 12.7. The van der Waals surface area contributed by atoms with Crippen LogP contribution in [-0.2, 0) is 9.53 Å². The fraction of sp³-hybridized carbons (Fsp3) is 0.211. The van der Waals surface area contributed by atoms with Crippen molar-refractivity contribution in [1.29, 1.82) is 0 Å². The molecule has 3 rings (SSSR count). The predicted molar refractivity (Wildman–Crippen MR) is 99.8 cm³/mol. The highest BCUT2D eigenvalue weighted by molar-refractivity contribution is 6.30. The summed E-state index contributed by atoms with van der Waals surface area (Å²) in [5, 5.41) is 7.60. The molecular weight excluding hydrogens is 370 g/mol. The maximum Gasteiger partial charge on any atom is 0.330 e. The number of hydrogen-bond acceptors (Lipinski definition) is 5. The van der Waals surface area contributed by atoms with Crippen LogP contribution in [0.2, 0.25) is 5.02 Å². The summed E-state index contributed by atoms with van der Waals surface area (Å²) >= 11 is 5.95. The number of amides is 1. The number of nitrogens with zero attached hydrogens (tertiary/aromatic N) is 2. The van der Waals surface area contributed by atoms with Gasteiger partial charge in [-0.1, -0.05) is 11.6 Å². The summed E-state index contributed by atoms with van der Waals surface area (Å²) in [6, 6.07) is 12.1. The van der Waals surface area contributed by atoms with Crippen LogP contribution in [0, 0.1) is 0 Å². The molecule has 2 aromatic heterocycles. The van der Waals surface area contributed by atoms with E-state index in [-0.39, 0.29) is 5.69 Å². The van der Waals surface area contributed by atoms with E-state index in [1.54, 1.807) is 61.0 Å². The number of ether oxygens (including phenoxy) is 1. The number of hydrogen-bond donors (Lipinski definition) is 1. The van der Waals surface area contributed by atoms with Gasteiger partial charge in [0.05, 0.1) is 19.1 Å². The van der Waals surface area contributed by atoms with Gasteiger partial charge in [0.1, 0.15) is 11.2 Å². The summed E-state index contributed by atoms with van der Waals surface area (Å²) in [6.45, 7) is 3.11. The SMILES string of the molecule is COC(=O)C(C)(C)NC(=O)c1cc(-c2ccco2)n(-c2ccc(Cl)cc2)n1. The van der Waals surface area contributed by atoms with E-state index >= 15 is 0 Å². The Bertz CT molecular complexity index is 960. The number of esters is 1. The van der Waals surface area contributed by atoms with Gasteiger partial charge in [-0.3, -0.25) is 4.79 Å². The third-order valence-corrected chi connectivity index (χ3v) is 4.16. The lowest BCUT2D eigenvalue weighted by Crippen LogP contribution is -2.50. The second-order valence-electron chi connectivity index (χ2n) is 6.35. The van der Waals surface area contributed by atoms with Crippen molar-refractivity contribution >= 4 is 23.5 Å². The second kappa shape index (κ2) is 7.28. The minimum absolute atomic E-state index is 0.133. The highest BCUT2D eigenvalue weighted by Crippen LogP contribution is 2.25. The zero-order chi connectivity index (χ0) is 19.6. The van der Waals surface area contributed by atoms with Crippen molar-refractivity contribution in [2.75, 3.05) is 7.11 Å². The quantitative estimate of drug-likeness (QED) is 0.677. The molecule has 0 unspecified atom stereocenters. The van der Waals surface area contributed by atoms with Crippen LogP contribution in [0.1, 0.15) is 24.3 Å². The molecule has 0 saturated carbocycles. The number of rotatable bonds is 5. The van der Waals surface area contributed by atoms with Gasteiger partial charge in [-0.25, -0.2) is 9.48 Å². The Hall–Kier alpha value is -3.06. The molecule has 3 aromatic rings. The van der Waals surface area contributed by atoms with E-state index in [4.69, 9.17) is 20.8 Å². The lowest BCUT2D eigenvalue weighted by atomic mass is 10.1. The molecule has 0 atom stereocenters. The molecule has 0 aliphatic heterocycles. The molecule has 0 aliphatic carbocycles. The number of methoxy groups -OCH3 is 1. The first-order chi connectivity index (χ1) is 12.8. The molecule has 1 amide bonds. The predicted octanol–water partition coefficient (Wildman–Crippen LogP) is 3.47. The van der Waals surface area contributed by atoms with Gasteiger partial charge in [0.15, 0.2) is 11.5 Å². The molecule has 27 heavy (non-hydrogen) atoms. The van der Waals surface area contributed by atoms with Gasteiger partial charge in [-0.05, 0) is 50.2 Å². The third kappa shape index (κ3) is 3.88. The Labute approximate surface area is 160 Å².